The van der Waals surface area contributed by atoms with E-state index in [1.807, 2.05) is 25.1 Å². The summed E-state index contributed by atoms with van der Waals surface area (Å²) in [5.41, 5.74) is -0.588. The molecule has 1 N–H and O–H groups in total. The minimum Gasteiger partial charge on any atom is -0.497 e. The summed E-state index contributed by atoms with van der Waals surface area (Å²) in [4.78, 5) is 12.9. The van der Waals surface area contributed by atoms with Gasteiger partial charge in [0.15, 0.2) is 0 Å². The number of nitrogens with one attached hydrogen (secondary N) is 1. The number of likely N-dealkylation sites (N-methyl/N-ethyl adjacent to an activating group) is 1. The zero-order valence-electron chi connectivity index (χ0n) is 13.3. The normalized spacial score (nSPS) is 13.5. The molecule has 4 nitrogen and oxygen atoms in total. The summed E-state index contributed by atoms with van der Waals surface area (Å²) in [5.74, 6) is 1.70. The lowest BCUT2D eigenvalue weighted by molar-refractivity contribution is -0.148. The molecule has 0 saturated carbocycles. The smallest absolute Gasteiger partial charge is 0.325 e. The van der Waals surface area contributed by atoms with Crippen molar-refractivity contribution in [3.8, 4) is 5.75 Å². The van der Waals surface area contributed by atoms with Gasteiger partial charge in [-0.25, -0.2) is 0 Å². The van der Waals surface area contributed by atoms with Gasteiger partial charge in [0.1, 0.15) is 11.3 Å². The standard InChI is InChI=1S/C16H25NO3S/c1-16(17-2,15(18)20-4)10-5-6-11-21-14-9-7-8-13(12-14)19-3/h7-9,12,17H,5-6,10-11H2,1-4H3. The monoisotopic (exact) mass is 311 g/mol. The zero-order valence-corrected chi connectivity index (χ0v) is 14.1. The van der Waals surface area contributed by atoms with Crippen LogP contribution in [0.1, 0.15) is 26.2 Å². The molecule has 1 aromatic carbocycles. The quantitative estimate of drug-likeness (QED) is 0.431. The molecule has 1 aromatic rings. The molecular weight excluding hydrogens is 286 g/mol. The fourth-order valence-electron chi connectivity index (χ4n) is 2.02. The molecule has 0 aliphatic heterocycles. The number of methoxy groups -OCH3 is 2. The van der Waals surface area contributed by atoms with Crippen LogP contribution in [0.4, 0.5) is 0 Å². The minimum absolute atomic E-state index is 0.203. The maximum Gasteiger partial charge on any atom is 0.325 e. The molecule has 0 bridgehead atoms. The highest BCUT2D eigenvalue weighted by atomic mass is 32.2. The van der Waals surface area contributed by atoms with Gasteiger partial charge >= 0.3 is 5.97 Å². The first kappa shape index (κ1) is 17.9. The fraction of sp³-hybridized carbons (Fsp3) is 0.562. The van der Waals surface area contributed by atoms with E-state index in [4.69, 9.17) is 9.47 Å². The van der Waals surface area contributed by atoms with Crippen LogP contribution >= 0.6 is 11.8 Å². The van der Waals surface area contributed by atoms with Gasteiger partial charge in [-0.3, -0.25) is 4.79 Å². The van der Waals surface area contributed by atoms with E-state index in [0.717, 1.165) is 30.8 Å². The van der Waals surface area contributed by atoms with E-state index < -0.39 is 5.54 Å². The largest absolute Gasteiger partial charge is 0.497 e. The number of carbonyl (C=O) groups is 1. The molecule has 0 aliphatic rings. The number of carbonyl (C=O) groups excluding carboxylic acids is 1. The maximum absolute atomic E-state index is 11.7. The highest BCUT2D eigenvalue weighted by molar-refractivity contribution is 7.99. The van der Waals surface area contributed by atoms with Crippen molar-refractivity contribution in [3.05, 3.63) is 24.3 Å². The van der Waals surface area contributed by atoms with Gasteiger partial charge in [-0.2, -0.15) is 0 Å². The van der Waals surface area contributed by atoms with Crippen LogP contribution in [0.25, 0.3) is 0 Å². The lowest BCUT2D eigenvalue weighted by atomic mass is 9.95. The van der Waals surface area contributed by atoms with E-state index in [-0.39, 0.29) is 5.97 Å². The Kier molecular flexibility index (Phi) is 7.61. The predicted molar refractivity (Wildman–Crippen MR) is 87.0 cm³/mol. The second-order valence-corrected chi connectivity index (χ2v) is 6.23. The molecular formula is C16H25NO3S. The first-order valence-electron chi connectivity index (χ1n) is 7.10. The van der Waals surface area contributed by atoms with E-state index in [2.05, 4.69) is 11.4 Å². The number of hydrogen-bond donors (Lipinski definition) is 1. The van der Waals surface area contributed by atoms with Crippen molar-refractivity contribution in [2.45, 2.75) is 36.6 Å². The molecule has 0 spiro atoms. The molecule has 21 heavy (non-hydrogen) atoms. The summed E-state index contributed by atoms with van der Waals surface area (Å²) in [6, 6.07) is 8.06. The number of esters is 1. The van der Waals surface area contributed by atoms with Crippen molar-refractivity contribution in [2.75, 3.05) is 27.0 Å². The van der Waals surface area contributed by atoms with Gasteiger partial charge in [0.05, 0.1) is 14.2 Å². The van der Waals surface area contributed by atoms with Gasteiger partial charge < -0.3 is 14.8 Å². The summed E-state index contributed by atoms with van der Waals surface area (Å²) in [6.07, 6.45) is 2.80. The van der Waals surface area contributed by atoms with E-state index in [9.17, 15) is 4.79 Å². The number of thioether (sulfide) groups is 1. The third-order valence-electron chi connectivity index (χ3n) is 3.57. The van der Waals surface area contributed by atoms with Crippen LogP contribution in [-0.2, 0) is 9.53 Å². The molecule has 1 rings (SSSR count). The van der Waals surface area contributed by atoms with Crippen LogP contribution in [0.5, 0.6) is 5.75 Å². The summed E-state index contributed by atoms with van der Waals surface area (Å²) in [6.45, 7) is 1.88. The summed E-state index contributed by atoms with van der Waals surface area (Å²) in [7, 11) is 4.90. The molecule has 0 radical (unpaired) electrons. The Morgan fingerprint density at radius 1 is 1.33 bits per heavy atom. The number of hydrogen-bond acceptors (Lipinski definition) is 5. The second kappa shape index (κ2) is 8.95. The molecule has 0 aromatic heterocycles. The number of ether oxygens (including phenoxy) is 2. The second-order valence-electron chi connectivity index (χ2n) is 5.06. The SMILES string of the molecule is CNC(C)(CCCCSc1cccc(OC)c1)C(=O)OC. The number of benzene rings is 1. The molecule has 0 aliphatic carbocycles. The maximum atomic E-state index is 11.7. The van der Waals surface area contributed by atoms with E-state index >= 15 is 0 Å². The van der Waals surface area contributed by atoms with E-state index in [0.29, 0.717) is 0 Å². The van der Waals surface area contributed by atoms with Crippen molar-refractivity contribution < 1.29 is 14.3 Å². The molecule has 5 heteroatoms. The lowest BCUT2D eigenvalue weighted by Crippen LogP contribution is -2.48. The molecule has 0 fully saturated rings. The van der Waals surface area contributed by atoms with E-state index in [1.165, 1.54) is 12.0 Å². The predicted octanol–water partition coefficient (Wildman–Crippen LogP) is 3.11. The van der Waals surface area contributed by atoms with Crippen molar-refractivity contribution >= 4 is 17.7 Å². The van der Waals surface area contributed by atoms with Crippen molar-refractivity contribution in [1.29, 1.82) is 0 Å². The zero-order chi connectivity index (χ0) is 15.7. The first-order chi connectivity index (χ1) is 10.1. The Hall–Kier alpha value is -1.20. The Balaban J connectivity index is 2.32. The summed E-state index contributed by atoms with van der Waals surface area (Å²) >= 11 is 1.81. The number of rotatable bonds is 9. The highest BCUT2D eigenvalue weighted by Crippen LogP contribution is 2.24. The Morgan fingerprint density at radius 2 is 2.10 bits per heavy atom. The molecule has 1 unspecified atom stereocenters. The third kappa shape index (κ3) is 5.59. The van der Waals surface area contributed by atoms with Crippen LogP contribution < -0.4 is 10.1 Å². The van der Waals surface area contributed by atoms with Crippen LogP contribution in [0.3, 0.4) is 0 Å². The average Bonchev–Trinajstić information content (AvgIpc) is 2.53. The van der Waals surface area contributed by atoms with Crippen molar-refractivity contribution in [2.24, 2.45) is 0 Å². The summed E-state index contributed by atoms with van der Waals surface area (Å²) < 4.78 is 10.0. The molecule has 1 atom stereocenters. The van der Waals surface area contributed by atoms with Gasteiger partial charge in [-0.15, -0.1) is 11.8 Å². The minimum atomic E-state index is -0.588. The van der Waals surface area contributed by atoms with Gasteiger partial charge in [-0.1, -0.05) is 12.5 Å². The van der Waals surface area contributed by atoms with Crippen LogP contribution in [0.15, 0.2) is 29.2 Å². The fourth-order valence-corrected chi connectivity index (χ4v) is 2.97. The van der Waals surface area contributed by atoms with Gasteiger partial charge in [-0.05, 0) is 50.8 Å². The summed E-state index contributed by atoms with van der Waals surface area (Å²) in [5, 5.41) is 3.05. The first-order valence-corrected chi connectivity index (χ1v) is 8.08. The Morgan fingerprint density at radius 3 is 2.71 bits per heavy atom. The van der Waals surface area contributed by atoms with Crippen molar-refractivity contribution in [1.82, 2.24) is 5.32 Å². The van der Waals surface area contributed by atoms with Crippen LogP contribution in [0.2, 0.25) is 0 Å². The number of unbranched alkanes of at least 4 members (excludes halogenated alkanes) is 1. The van der Waals surface area contributed by atoms with E-state index in [1.54, 1.807) is 25.9 Å². The van der Waals surface area contributed by atoms with Gasteiger partial charge in [0.2, 0.25) is 0 Å². The highest BCUT2D eigenvalue weighted by Gasteiger charge is 2.31. The van der Waals surface area contributed by atoms with Gasteiger partial charge in [0, 0.05) is 4.90 Å². The van der Waals surface area contributed by atoms with Crippen molar-refractivity contribution in [3.63, 3.8) is 0 Å². The Bertz CT molecular complexity index is 453. The average molecular weight is 311 g/mol. The molecule has 0 amide bonds. The topological polar surface area (TPSA) is 47.6 Å². The third-order valence-corrected chi connectivity index (χ3v) is 4.65. The molecule has 0 heterocycles. The van der Waals surface area contributed by atoms with Gasteiger partial charge in [0.25, 0.3) is 0 Å². The molecule has 0 saturated heterocycles. The van der Waals surface area contributed by atoms with Crippen LogP contribution in [-0.4, -0.2) is 38.5 Å². The molecule has 118 valence electrons. The van der Waals surface area contributed by atoms with Crippen LogP contribution in [0, 0.1) is 0 Å². The Labute approximate surface area is 131 Å². The lowest BCUT2D eigenvalue weighted by Gasteiger charge is -2.25.